The summed E-state index contributed by atoms with van der Waals surface area (Å²) in [5.41, 5.74) is 1.98. The van der Waals surface area contributed by atoms with E-state index in [2.05, 4.69) is 24.8 Å². The Hall–Kier alpha value is -3.43. The molecule has 2 atom stereocenters. The lowest BCUT2D eigenvalue weighted by molar-refractivity contribution is -0.149. The van der Waals surface area contributed by atoms with Gasteiger partial charge in [0.15, 0.2) is 0 Å². The lowest BCUT2D eigenvalue weighted by Crippen LogP contribution is -2.52. The zero-order valence-corrected chi connectivity index (χ0v) is 16.0. The molecule has 2 amide bonds. The van der Waals surface area contributed by atoms with E-state index in [1.54, 1.807) is 12.1 Å². The minimum Gasteiger partial charge on any atom is -0.469 e. The number of fused-ring (bicyclic) bond motifs is 1. The van der Waals surface area contributed by atoms with Gasteiger partial charge in [-0.3, -0.25) is 4.79 Å². The third-order valence-corrected chi connectivity index (χ3v) is 4.73. The monoisotopic (exact) mass is 404 g/mol. The van der Waals surface area contributed by atoms with Crippen LogP contribution in [0.5, 0.6) is 0 Å². The summed E-state index contributed by atoms with van der Waals surface area (Å²) in [6.07, 6.45) is 1.66. The second-order valence-electron chi connectivity index (χ2n) is 6.47. The summed E-state index contributed by atoms with van der Waals surface area (Å²) < 4.78 is 23.1. The Morgan fingerprint density at radius 2 is 2.14 bits per heavy atom. The summed E-state index contributed by atoms with van der Waals surface area (Å²) in [4.78, 5) is 45.4. The zero-order chi connectivity index (χ0) is 21.0. The van der Waals surface area contributed by atoms with E-state index in [1.165, 1.54) is 30.5 Å². The highest BCUT2D eigenvalue weighted by atomic mass is 19.1. The summed E-state index contributed by atoms with van der Waals surface area (Å²) in [5.74, 6) is -1.89. The summed E-state index contributed by atoms with van der Waals surface area (Å²) in [6, 6.07) is 3.42. The molecule has 29 heavy (non-hydrogen) atoms. The smallest absolute Gasteiger partial charge is 0.329 e. The van der Waals surface area contributed by atoms with Crippen molar-refractivity contribution in [2.75, 3.05) is 20.8 Å². The maximum Gasteiger partial charge on any atom is 0.329 e. The van der Waals surface area contributed by atoms with Crippen LogP contribution in [0.4, 0.5) is 9.18 Å². The lowest BCUT2D eigenvalue weighted by atomic mass is 9.96. The van der Waals surface area contributed by atoms with Gasteiger partial charge in [0.05, 0.1) is 32.7 Å². The SMILES string of the molecule is COC(=O)C[C@@H](NC(=O)N1CCc2[nH]cnc2[C@@H]1c1cccc(F)c1)C(=O)OC. The van der Waals surface area contributed by atoms with Gasteiger partial charge in [0.2, 0.25) is 0 Å². The predicted octanol–water partition coefficient (Wildman–Crippen LogP) is 1.31. The fraction of sp³-hybridized carbons (Fsp3) is 0.368. The second-order valence-corrected chi connectivity index (χ2v) is 6.47. The molecule has 0 saturated heterocycles. The van der Waals surface area contributed by atoms with Gasteiger partial charge in [0, 0.05) is 18.7 Å². The standard InChI is InChI=1S/C19H21FN4O5/c1-28-15(25)9-14(18(26)29-2)23-19(27)24-7-6-13-16(22-10-21-13)17(24)11-4-3-5-12(20)8-11/h3-5,8,10,14,17H,6-7,9H2,1-2H3,(H,21,22)(H,23,27)/t14-,17+/m1/s1. The lowest BCUT2D eigenvalue weighted by Gasteiger charge is -2.36. The molecule has 0 spiro atoms. The number of amides is 2. The van der Waals surface area contributed by atoms with Crippen molar-refractivity contribution in [2.24, 2.45) is 0 Å². The molecule has 0 saturated carbocycles. The number of H-pyrrole nitrogens is 1. The Balaban J connectivity index is 1.89. The number of rotatable bonds is 5. The molecule has 0 bridgehead atoms. The Morgan fingerprint density at radius 3 is 2.83 bits per heavy atom. The van der Waals surface area contributed by atoms with Crippen LogP contribution in [0.2, 0.25) is 0 Å². The van der Waals surface area contributed by atoms with Crippen molar-refractivity contribution in [2.45, 2.75) is 24.9 Å². The number of nitrogens with one attached hydrogen (secondary N) is 2. The molecule has 10 heteroatoms. The van der Waals surface area contributed by atoms with Crippen molar-refractivity contribution in [1.29, 1.82) is 0 Å². The highest BCUT2D eigenvalue weighted by Crippen LogP contribution is 2.33. The van der Waals surface area contributed by atoms with Crippen LogP contribution >= 0.6 is 0 Å². The van der Waals surface area contributed by atoms with Gasteiger partial charge in [-0.25, -0.2) is 19.0 Å². The number of hydrogen-bond donors (Lipinski definition) is 2. The van der Waals surface area contributed by atoms with E-state index >= 15 is 0 Å². The van der Waals surface area contributed by atoms with Gasteiger partial charge in [-0.05, 0) is 17.7 Å². The van der Waals surface area contributed by atoms with Crippen molar-refractivity contribution in [3.05, 3.63) is 53.4 Å². The molecule has 2 N–H and O–H groups in total. The van der Waals surface area contributed by atoms with Gasteiger partial charge < -0.3 is 24.7 Å². The van der Waals surface area contributed by atoms with Gasteiger partial charge in [0.1, 0.15) is 17.9 Å². The fourth-order valence-corrected chi connectivity index (χ4v) is 3.33. The van der Waals surface area contributed by atoms with Crippen LogP contribution < -0.4 is 5.32 Å². The first-order valence-electron chi connectivity index (χ1n) is 8.94. The first-order chi connectivity index (χ1) is 13.9. The molecular formula is C19H21FN4O5. The van der Waals surface area contributed by atoms with Crippen molar-refractivity contribution in [3.8, 4) is 0 Å². The minimum absolute atomic E-state index is 0.300. The van der Waals surface area contributed by atoms with Crippen LogP contribution in [0.25, 0.3) is 0 Å². The van der Waals surface area contributed by atoms with Crippen LogP contribution in [0.3, 0.4) is 0 Å². The summed E-state index contributed by atoms with van der Waals surface area (Å²) >= 11 is 0. The number of benzene rings is 1. The number of urea groups is 1. The first-order valence-corrected chi connectivity index (χ1v) is 8.94. The Labute approximate surface area is 166 Å². The average Bonchev–Trinajstić information content (AvgIpc) is 3.20. The molecule has 0 radical (unpaired) electrons. The molecule has 154 valence electrons. The van der Waals surface area contributed by atoms with E-state index < -0.39 is 35.9 Å². The van der Waals surface area contributed by atoms with Crippen LogP contribution in [0.1, 0.15) is 29.4 Å². The molecule has 1 aromatic carbocycles. The number of nitrogens with zero attached hydrogens (tertiary/aromatic N) is 2. The molecule has 1 aliphatic rings. The number of carbonyl (C=O) groups is 3. The summed E-state index contributed by atoms with van der Waals surface area (Å²) in [6.45, 7) is 0.300. The van der Waals surface area contributed by atoms with E-state index in [-0.39, 0.29) is 6.42 Å². The molecule has 0 aliphatic carbocycles. The molecule has 3 rings (SSSR count). The number of ether oxygens (including phenoxy) is 2. The molecule has 2 aromatic rings. The van der Waals surface area contributed by atoms with Gasteiger partial charge in [-0.15, -0.1) is 0 Å². The van der Waals surface area contributed by atoms with Gasteiger partial charge in [-0.1, -0.05) is 12.1 Å². The summed E-state index contributed by atoms with van der Waals surface area (Å²) in [7, 11) is 2.34. The molecular weight excluding hydrogens is 383 g/mol. The normalized spacial score (nSPS) is 16.5. The average molecular weight is 404 g/mol. The number of hydrogen-bond acceptors (Lipinski definition) is 6. The third kappa shape index (κ3) is 4.36. The number of aromatic amines is 1. The molecule has 2 heterocycles. The van der Waals surface area contributed by atoms with E-state index in [1.807, 2.05) is 0 Å². The number of methoxy groups -OCH3 is 2. The fourth-order valence-electron chi connectivity index (χ4n) is 3.33. The van der Waals surface area contributed by atoms with Crippen molar-refractivity contribution in [1.82, 2.24) is 20.2 Å². The number of halogens is 1. The number of aromatic nitrogens is 2. The van der Waals surface area contributed by atoms with Gasteiger partial charge >= 0.3 is 18.0 Å². The zero-order valence-electron chi connectivity index (χ0n) is 16.0. The largest absolute Gasteiger partial charge is 0.469 e. The Bertz CT molecular complexity index is 916. The van der Waals surface area contributed by atoms with E-state index in [0.29, 0.717) is 24.2 Å². The third-order valence-electron chi connectivity index (χ3n) is 4.73. The maximum atomic E-state index is 13.8. The highest BCUT2D eigenvalue weighted by Gasteiger charge is 2.36. The summed E-state index contributed by atoms with van der Waals surface area (Å²) in [5, 5.41) is 2.52. The van der Waals surface area contributed by atoms with Crippen LogP contribution in [0.15, 0.2) is 30.6 Å². The van der Waals surface area contributed by atoms with E-state index in [4.69, 9.17) is 0 Å². The molecule has 1 aromatic heterocycles. The molecule has 0 fully saturated rings. The van der Waals surface area contributed by atoms with Crippen molar-refractivity contribution < 1.29 is 28.2 Å². The van der Waals surface area contributed by atoms with Gasteiger partial charge in [-0.2, -0.15) is 0 Å². The second kappa shape index (κ2) is 8.72. The molecule has 0 unspecified atom stereocenters. The number of esters is 2. The highest BCUT2D eigenvalue weighted by molar-refractivity contribution is 5.87. The number of carbonyl (C=O) groups excluding carboxylic acids is 3. The van der Waals surface area contributed by atoms with Crippen molar-refractivity contribution >= 4 is 18.0 Å². The Morgan fingerprint density at radius 1 is 1.34 bits per heavy atom. The van der Waals surface area contributed by atoms with Gasteiger partial charge in [0.25, 0.3) is 0 Å². The predicted molar refractivity (Wildman–Crippen MR) is 98.2 cm³/mol. The maximum absolute atomic E-state index is 13.8. The van der Waals surface area contributed by atoms with E-state index in [9.17, 15) is 18.8 Å². The molecule has 9 nitrogen and oxygen atoms in total. The molecule has 1 aliphatic heterocycles. The van der Waals surface area contributed by atoms with Crippen LogP contribution in [-0.4, -0.2) is 59.6 Å². The van der Waals surface area contributed by atoms with Crippen LogP contribution in [-0.2, 0) is 25.5 Å². The van der Waals surface area contributed by atoms with Crippen molar-refractivity contribution in [3.63, 3.8) is 0 Å². The number of imidazole rings is 1. The van der Waals surface area contributed by atoms with E-state index in [0.717, 1.165) is 12.8 Å². The quantitative estimate of drug-likeness (QED) is 0.727. The first kappa shape index (κ1) is 20.3. The topological polar surface area (TPSA) is 114 Å². The van der Waals surface area contributed by atoms with Crippen LogP contribution in [0, 0.1) is 5.82 Å². The minimum atomic E-state index is -1.21. The Kier molecular flexibility index (Phi) is 6.10.